The summed E-state index contributed by atoms with van der Waals surface area (Å²) in [5.74, 6) is -1.17. The summed E-state index contributed by atoms with van der Waals surface area (Å²) in [6.07, 6.45) is 5.56. The second-order valence-electron chi connectivity index (χ2n) is 16.9. The van der Waals surface area contributed by atoms with Crippen LogP contribution in [0.5, 0.6) is 0 Å². The van der Waals surface area contributed by atoms with Gasteiger partial charge in [0, 0.05) is 63.8 Å². The van der Waals surface area contributed by atoms with Gasteiger partial charge in [-0.2, -0.15) is 0 Å². The quantitative estimate of drug-likeness (QED) is 0.0421. The molecule has 2 rings (SSSR count). The van der Waals surface area contributed by atoms with Crippen molar-refractivity contribution in [2.24, 2.45) is 11.8 Å². The third kappa shape index (κ3) is 21.7. The molecule has 3 amide bonds. The number of unbranched alkanes of at least 4 members (excludes halogenated alkanes) is 10. The zero-order chi connectivity index (χ0) is 45.0. The van der Waals surface area contributed by atoms with Crippen LogP contribution in [0.25, 0.3) is 0 Å². The van der Waals surface area contributed by atoms with E-state index in [1.165, 1.54) is 0 Å². The zero-order valence-electron chi connectivity index (χ0n) is 37.2. The van der Waals surface area contributed by atoms with Crippen molar-refractivity contribution in [3.63, 3.8) is 0 Å². The molecule has 0 aliphatic carbocycles. The highest BCUT2D eigenvalue weighted by Crippen LogP contribution is 2.28. The minimum Gasteiger partial charge on any atom is -0.394 e. The third-order valence-corrected chi connectivity index (χ3v) is 11.7. The highest BCUT2D eigenvalue weighted by atomic mass is 16.7. The SMILES string of the molecule is CCCCCNC(=O)CCCCCCC(=O)[C@H](CCCCNC(=O)CCCCCOC1OC(CO)C(O)C(O)C1C)NC(=O)CCCCCOC1OC(CO)C(O)C(O)C1C. The second-order valence-corrected chi connectivity index (χ2v) is 16.9. The largest absolute Gasteiger partial charge is 0.394 e. The van der Waals surface area contributed by atoms with Crippen LogP contribution in [0.1, 0.15) is 149 Å². The first-order valence-corrected chi connectivity index (χ1v) is 23.2. The minimum absolute atomic E-state index is 0.0231. The number of aliphatic hydroxyl groups excluding tert-OH is 6. The van der Waals surface area contributed by atoms with Crippen LogP contribution in [0, 0.1) is 11.8 Å². The lowest BCUT2D eigenvalue weighted by Crippen LogP contribution is -2.55. The maximum absolute atomic E-state index is 13.3. The molecular formula is C44H81N3O14. The summed E-state index contributed by atoms with van der Waals surface area (Å²) < 4.78 is 22.7. The van der Waals surface area contributed by atoms with Crippen molar-refractivity contribution in [2.75, 3.05) is 39.5 Å². The predicted octanol–water partition coefficient (Wildman–Crippen LogP) is 2.28. The van der Waals surface area contributed by atoms with E-state index in [2.05, 4.69) is 22.9 Å². The molecule has 356 valence electrons. The third-order valence-electron chi connectivity index (χ3n) is 11.7. The van der Waals surface area contributed by atoms with Crippen molar-refractivity contribution in [3.8, 4) is 0 Å². The van der Waals surface area contributed by atoms with Crippen molar-refractivity contribution in [1.29, 1.82) is 0 Å². The fraction of sp³-hybridized carbons (Fsp3) is 0.909. The maximum atomic E-state index is 13.3. The number of carbonyl (C=O) groups excluding carboxylic acids is 4. The monoisotopic (exact) mass is 876 g/mol. The van der Waals surface area contributed by atoms with Crippen LogP contribution in [0.3, 0.4) is 0 Å². The van der Waals surface area contributed by atoms with Crippen LogP contribution in [-0.2, 0) is 38.1 Å². The maximum Gasteiger partial charge on any atom is 0.220 e. The van der Waals surface area contributed by atoms with Gasteiger partial charge in [-0.1, -0.05) is 59.3 Å². The van der Waals surface area contributed by atoms with Gasteiger partial charge in [-0.3, -0.25) is 19.2 Å². The Morgan fingerprint density at radius 3 is 1.43 bits per heavy atom. The summed E-state index contributed by atoms with van der Waals surface area (Å²) in [5.41, 5.74) is 0. The van der Waals surface area contributed by atoms with Crippen molar-refractivity contribution < 1.29 is 68.8 Å². The fourth-order valence-corrected chi connectivity index (χ4v) is 7.52. The van der Waals surface area contributed by atoms with E-state index in [1.807, 2.05) is 0 Å². The lowest BCUT2D eigenvalue weighted by Gasteiger charge is -2.40. The van der Waals surface area contributed by atoms with Gasteiger partial charge in [0.2, 0.25) is 17.7 Å². The molecule has 0 aromatic rings. The van der Waals surface area contributed by atoms with E-state index < -0.39 is 80.3 Å². The normalized spacial score (nSPS) is 27.0. The average molecular weight is 876 g/mol. The lowest BCUT2D eigenvalue weighted by atomic mass is 9.92. The lowest BCUT2D eigenvalue weighted by molar-refractivity contribution is -0.282. The molecule has 0 radical (unpaired) electrons. The summed E-state index contributed by atoms with van der Waals surface area (Å²) in [6.45, 7) is 6.50. The fourth-order valence-electron chi connectivity index (χ4n) is 7.52. The Balaban J connectivity index is 1.69. The Bertz CT molecular complexity index is 1210. The molecule has 61 heavy (non-hydrogen) atoms. The van der Waals surface area contributed by atoms with Gasteiger partial charge >= 0.3 is 0 Å². The van der Waals surface area contributed by atoms with Crippen LogP contribution in [0.15, 0.2) is 0 Å². The van der Waals surface area contributed by atoms with Gasteiger partial charge in [-0.25, -0.2) is 0 Å². The average Bonchev–Trinajstić information content (AvgIpc) is 3.25. The first kappa shape index (κ1) is 54.8. The Labute approximate surface area is 363 Å². The van der Waals surface area contributed by atoms with E-state index >= 15 is 0 Å². The molecule has 2 aliphatic heterocycles. The van der Waals surface area contributed by atoms with Gasteiger partial charge in [-0.05, 0) is 64.2 Å². The number of ketones is 1. The highest BCUT2D eigenvalue weighted by Gasteiger charge is 2.43. The van der Waals surface area contributed by atoms with E-state index in [-0.39, 0.29) is 29.9 Å². The summed E-state index contributed by atoms with van der Waals surface area (Å²) >= 11 is 0. The van der Waals surface area contributed by atoms with E-state index in [9.17, 15) is 49.8 Å². The van der Waals surface area contributed by atoms with Gasteiger partial charge in [0.05, 0.1) is 31.5 Å². The number of hydrogen-bond acceptors (Lipinski definition) is 14. The zero-order valence-corrected chi connectivity index (χ0v) is 37.2. The number of hydrogen-bond donors (Lipinski definition) is 9. The predicted molar refractivity (Wildman–Crippen MR) is 227 cm³/mol. The molecule has 17 nitrogen and oxygen atoms in total. The van der Waals surface area contributed by atoms with E-state index in [1.54, 1.807) is 13.8 Å². The molecule has 0 aromatic heterocycles. The summed E-state index contributed by atoms with van der Waals surface area (Å²) in [5, 5.41) is 68.1. The number of amides is 3. The molecule has 0 aromatic carbocycles. The van der Waals surface area contributed by atoms with Gasteiger partial charge in [0.1, 0.15) is 24.4 Å². The number of aliphatic hydroxyl groups is 6. The molecule has 2 heterocycles. The Kier molecular flexibility index (Phi) is 29.1. The smallest absolute Gasteiger partial charge is 0.220 e. The molecule has 0 saturated carbocycles. The first-order chi connectivity index (χ1) is 29.3. The van der Waals surface area contributed by atoms with Crippen LogP contribution in [-0.4, -0.2) is 149 Å². The number of nitrogens with one attached hydrogen (secondary N) is 3. The second kappa shape index (κ2) is 32.4. The van der Waals surface area contributed by atoms with Crippen molar-refractivity contribution in [3.05, 3.63) is 0 Å². The molecule has 11 atom stereocenters. The van der Waals surface area contributed by atoms with Crippen LogP contribution >= 0.6 is 0 Å². The Morgan fingerprint density at radius 2 is 0.967 bits per heavy atom. The molecule has 17 heteroatoms. The van der Waals surface area contributed by atoms with Gasteiger partial charge < -0.3 is 65.5 Å². The number of Topliss-reactive ketones (excluding diaryl/α,β-unsaturated/α-hetero) is 1. The molecule has 9 N–H and O–H groups in total. The number of ether oxygens (including phenoxy) is 4. The van der Waals surface area contributed by atoms with Crippen molar-refractivity contribution >= 4 is 23.5 Å². The Morgan fingerprint density at radius 1 is 0.541 bits per heavy atom. The van der Waals surface area contributed by atoms with E-state index in [0.717, 1.165) is 44.9 Å². The summed E-state index contributed by atoms with van der Waals surface area (Å²) in [7, 11) is 0. The first-order valence-electron chi connectivity index (χ1n) is 23.2. The molecule has 2 fully saturated rings. The highest BCUT2D eigenvalue weighted by molar-refractivity contribution is 5.89. The van der Waals surface area contributed by atoms with Gasteiger partial charge in [0.25, 0.3) is 0 Å². The number of rotatable bonds is 34. The molecular weight excluding hydrogens is 794 g/mol. The summed E-state index contributed by atoms with van der Waals surface area (Å²) in [6, 6.07) is -0.626. The molecule has 2 aliphatic rings. The molecule has 0 spiro atoms. The summed E-state index contributed by atoms with van der Waals surface area (Å²) in [4.78, 5) is 50.8. The molecule has 0 bridgehead atoms. The minimum atomic E-state index is -1.19. The molecule has 10 unspecified atom stereocenters. The molecule has 2 saturated heterocycles. The van der Waals surface area contributed by atoms with Gasteiger partial charge in [-0.15, -0.1) is 0 Å². The topological polar surface area (TPSA) is 263 Å². The van der Waals surface area contributed by atoms with Crippen molar-refractivity contribution in [2.45, 2.75) is 204 Å². The van der Waals surface area contributed by atoms with Crippen LogP contribution < -0.4 is 16.0 Å². The van der Waals surface area contributed by atoms with Crippen LogP contribution in [0.2, 0.25) is 0 Å². The Hall–Kier alpha value is -2.32. The van der Waals surface area contributed by atoms with Crippen LogP contribution in [0.4, 0.5) is 0 Å². The van der Waals surface area contributed by atoms with E-state index in [0.29, 0.717) is 103 Å². The van der Waals surface area contributed by atoms with E-state index in [4.69, 9.17) is 18.9 Å². The number of carbonyl (C=O) groups is 4. The standard InChI is InChI=1S/C44H81N3O14/c1-4-5-15-24-45-36(51)21-11-7-6-10-20-33(50)32(47-38(53)23-13-9-18-27-59-44-31(3)40(55)42(57)35(29-49)61-44)19-14-16-25-46-37(52)22-12-8-17-26-58-43-30(2)39(54)41(56)34(28-48)60-43/h30-32,34-35,39-44,48-49,54-57H,4-29H2,1-3H3,(H,45,51)(H,46,52)(H,47,53)/t30?,31?,32-,34?,35?,39?,40?,41?,42?,43?,44?/m0/s1. The van der Waals surface area contributed by atoms with Crippen molar-refractivity contribution in [1.82, 2.24) is 16.0 Å². The van der Waals surface area contributed by atoms with Gasteiger partial charge in [0.15, 0.2) is 18.4 Å².